The van der Waals surface area contributed by atoms with Crippen LogP contribution in [0.1, 0.15) is 16.9 Å². The first-order valence-electron chi connectivity index (χ1n) is 9.09. The van der Waals surface area contributed by atoms with Gasteiger partial charge in [0.15, 0.2) is 5.17 Å². The lowest BCUT2D eigenvalue weighted by Crippen LogP contribution is -2.28. The maximum Gasteiger partial charge on any atom is 0.267 e. The number of hydrogen-bond donors (Lipinski definition) is 1. The summed E-state index contributed by atoms with van der Waals surface area (Å²) in [5.74, 6) is 0.520. The molecule has 156 valence electrons. The molecule has 1 aliphatic rings. The highest BCUT2D eigenvalue weighted by atomic mass is 79.9. The number of amidine groups is 1. The van der Waals surface area contributed by atoms with Gasteiger partial charge < -0.3 is 9.52 Å². The van der Waals surface area contributed by atoms with Gasteiger partial charge in [-0.05, 0) is 63.6 Å². The fraction of sp³-hybridized carbons (Fsp3) is 0.0455. The molecule has 0 atom stereocenters. The first-order chi connectivity index (χ1) is 15.0. The van der Waals surface area contributed by atoms with Crippen LogP contribution in [0.4, 0.5) is 0 Å². The molecule has 2 heterocycles. The molecule has 9 heteroatoms. The Morgan fingerprint density at radius 1 is 1.13 bits per heavy atom. The van der Waals surface area contributed by atoms with E-state index in [1.807, 2.05) is 36.4 Å². The molecule has 3 aromatic rings. The molecule has 2 aromatic carbocycles. The molecule has 1 N–H and O–H groups in total. The van der Waals surface area contributed by atoms with E-state index < -0.39 is 0 Å². The van der Waals surface area contributed by atoms with Crippen molar-refractivity contribution in [2.45, 2.75) is 6.54 Å². The van der Waals surface area contributed by atoms with Crippen LogP contribution < -0.4 is 0 Å². The predicted molar refractivity (Wildman–Crippen MR) is 130 cm³/mol. The van der Waals surface area contributed by atoms with Gasteiger partial charge in [-0.15, -0.1) is 5.10 Å². The Hall–Kier alpha value is -2.62. The van der Waals surface area contributed by atoms with Crippen LogP contribution in [0.2, 0.25) is 0 Å². The zero-order valence-electron chi connectivity index (χ0n) is 15.9. The normalized spacial score (nSPS) is 16.8. The number of hydrogen-bond acceptors (Lipinski definition) is 6. The van der Waals surface area contributed by atoms with E-state index in [2.05, 4.69) is 42.1 Å². The van der Waals surface area contributed by atoms with E-state index in [0.717, 1.165) is 10.0 Å². The molecular weight excluding hydrogens is 546 g/mol. The van der Waals surface area contributed by atoms with Gasteiger partial charge in [-0.2, -0.15) is 5.10 Å². The molecule has 1 aromatic heterocycles. The maximum absolute atomic E-state index is 13.0. The summed E-state index contributed by atoms with van der Waals surface area (Å²) >= 11 is 7.91. The highest BCUT2D eigenvalue weighted by Crippen LogP contribution is 2.34. The van der Waals surface area contributed by atoms with Crippen molar-refractivity contribution in [3.8, 4) is 5.75 Å². The smallest absolute Gasteiger partial charge is 0.267 e. The summed E-state index contributed by atoms with van der Waals surface area (Å²) in [6.45, 7) is 0.243. The van der Waals surface area contributed by atoms with E-state index in [0.29, 0.717) is 25.9 Å². The fourth-order valence-electron chi connectivity index (χ4n) is 2.81. The number of carbonyl (C=O) groups is 1. The summed E-state index contributed by atoms with van der Waals surface area (Å²) in [7, 11) is 0. The molecule has 0 aliphatic carbocycles. The van der Waals surface area contributed by atoms with Gasteiger partial charge in [0.1, 0.15) is 11.5 Å². The Bertz CT molecular complexity index is 1190. The van der Waals surface area contributed by atoms with Crippen LogP contribution in [-0.2, 0) is 11.3 Å². The second-order valence-corrected chi connectivity index (χ2v) is 9.22. The first-order valence-corrected chi connectivity index (χ1v) is 11.5. The SMILES string of the molecule is O=C1/C(=C/c2ccccc2)S/C(=N/N=C\c2cc(Br)cc(Br)c2O)N1Cc1ccco1. The second kappa shape index (κ2) is 9.67. The van der Waals surface area contributed by atoms with Gasteiger partial charge in [-0.1, -0.05) is 46.3 Å². The molecule has 31 heavy (non-hydrogen) atoms. The molecule has 0 spiro atoms. The van der Waals surface area contributed by atoms with Crippen molar-refractivity contribution in [1.29, 1.82) is 0 Å². The Morgan fingerprint density at radius 3 is 2.68 bits per heavy atom. The molecule has 0 unspecified atom stereocenters. The van der Waals surface area contributed by atoms with E-state index in [9.17, 15) is 9.90 Å². The number of halogens is 2. The Labute approximate surface area is 199 Å². The van der Waals surface area contributed by atoms with Gasteiger partial charge in [0.05, 0.1) is 28.4 Å². The number of benzene rings is 2. The lowest BCUT2D eigenvalue weighted by atomic mass is 10.2. The van der Waals surface area contributed by atoms with Crippen molar-refractivity contribution in [2.75, 3.05) is 0 Å². The monoisotopic (exact) mass is 559 g/mol. The average Bonchev–Trinajstić information content (AvgIpc) is 3.36. The maximum atomic E-state index is 13.0. The molecular formula is C22H15Br2N3O3S. The number of rotatable bonds is 5. The third-order valence-corrected chi connectivity index (χ3v) is 6.34. The summed E-state index contributed by atoms with van der Waals surface area (Å²) in [4.78, 5) is 15.1. The standard InChI is InChI=1S/C22H15Br2N3O3S/c23-16-10-15(20(28)18(24)11-16)12-25-26-22-27(13-17-7-4-8-30-17)21(29)19(31-22)9-14-5-2-1-3-6-14/h1-12,28H,13H2/b19-9-,25-12-,26-22+. The molecule has 1 fully saturated rings. The van der Waals surface area contributed by atoms with E-state index >= 15 is 0 Å². The number of aromatic hydroxyl groups is 1. The van der Waals surface area contributed by atoms with Crippen molar-refractivity contribution in [2.24, 2.45) is 10.2 Å². The Morgan fingerprint density at radius 2 is 1.94 bits per heavy atom. The molecule has 1 aliphatic heterocycles. The van der Waals surface area contributed by atoms with Gasteiger partial charge in [-0.3, -0.25) is 9.69 Å². The van der Waals surface area contributed by atoms with Gasteiger partial charge in [0.25, 0.3) is 5.91 Å². The van der Waals surface area contributed by atoms with Crippen LogP contribution in [0.25, 0.3) is 6.08 Å². The van der Waals surface area contributed by atoms with Crippen LogP contribution in [0.5, 0.6) is 5.75 Å². The minimum absolute atomic E-state index is 0.0550. The molecule has 0 saturated carbocycles. The van der Waals surface area contributed by atoms with Gasteiger partial charge in [0, 0.05) is 10.0 Å². The Kier molecular flexibility index (Phi) is 6.74. The summed E-state index contributed by atoms with van der Waals surface area (Å²) in [5, 5.41) is 19.0. The number of furan rings is 1. The van der Waals surface area contributed by atoms with Gasteiger partial charge >= 0.3 is 0 Å². The van der Waals surface area contributed by atoms with Crippen molar-refractivity contribution in [1.82, 2.24) is 4.90 Å². The van der Waals surface area contributed by atoms with Crippen molar-refractivity contribution in [3.63, 3.8) is 0 Å². The lowest BCUT2D eigenvalue weighted by Gasteiger charge is -2.12. The first kappa shape index (κ1) is 21.6. The molecule has 4 rings (SSSR count). The third-order valence-electron chi connectivity index (χ3n) is 4.28. The number of nitrogens with zero attached hydrogens (tertiary/aromatic N) is 3. The van der Waals surface area contributed by atoms with Crippen LogP contribution in [0, 0.1) is 0 Å². The summed E-state index contributed by atoms with van der Waals surface area (Å²) in [6.07, 6.45) is 4.82. The van der Waals surface area contributed by atoms with E-state index in [1.165, 1.54) is 22.9 Å². The summed E-state index contributed by atoms with van der Waals surface area (Å²) in [6, 6.07) is 16.6. The average molecular weight is 561 g/mol. The van der Waals surface area contributed by atoms with Crippen molar-refractivity contribution >= 4 is 67.0 Å². The van der Waals surface area contributed by atoms with Crippen LogP contribution in [0.15, 0.2) is 89.3 Å². The number of phenols is 1. The molecule has 0 radical (unpaired) electrons. The van der Waals surface area contributed by atoms with E-state index in [4.69, 9.17) is 4.42 Å². The fourth-order valence-corrected chi connectivity index (χ4v) is 5.00. The lowest BCUT2D eigenvalue weighted by molar-refractivity contribution is -0.122. The predicted octanol–water partition coefficient (Wildman–Crippen LogP) is 6.02. The largest absolute Gasteiger partial charge is 0.506 e. The zero-order chi connectivity index (χ0) is 21.8. The molecule has 1 amide bonds. The number of phenolic OH excluding ortho intramolecular Hbond substituents is 1. The molecule has 0 bridgehead atoms. The van der Waals surface area contributed by atoms with Gasteiger partial charge in [-0.25, -0.2) is 0 Å². The van der Waals surface area contributed by atoms with Crippen molar-refractivity contribution < 1.29 is 14.3 Å². The topological polar surface area (TPSA) is 78.4 Å². The highest BCUT2D eigenvalue weighted by molar-refractivity contribution is 9.11. The van der Waals surface area contributed by atoms with E-state index in [1.54, 1.807) is 30.5 Å². The Balaban J connectivity index is 1.64. The van der Waals surface area contributed by atoms with Crippen molar-refractivity contribution in [3.05, 3.63) is 91.6 Å². The van der Waals surface area contributed by atoms with Gasteiger partial charge in [0.2, 0.25) is 0 Å². The number of amides is 1. The number of thioether (sulfide) groups is 1. The quantitative estimate of drug-likeness (QED) is 0.235. The molecule has 6 nitrogen and oxygen atoms in total. The van der Waals surface area contributed by atoms with Crippen LogP contribution in [-0.4, -0.2) is 27.3 Å². The summed E-state index contributed by atoms with van der Waals surface area (Å²) < 4.78 is 6.72. The molecule has 1 saturated heterocycles. The van der Waals surface area contributed by atoms with E-state index in [-0.39, 0.29) is 18.2 Å². The van der Waals surface area contributed by atoms with Crippen LogP contribution in [0.3, 0.4) is 0 Å². The van der Waals surface area contributed by atoms with Crippen LogP contribution >= 0.6 is 43.6 Å². The second-order valence-electron chi connectivity index (χ2n) is 6.44. The summed E-state index contributed by atoms with van der Waals surface area (Å²) in [5.41, 5.74) is 1.41. The minimum atomic E-state index is -0.174. The highest BCUT2D eigenvalue weighted by Gasteiger charge is 2.34. The third kappa shape index (κ3) is 5.17. The number of carbonyl (C=O) groups excluding carboxylic acids is 1. The minimum Gasteiger partial charge on any atom is -0.506 e. The zero-order valence-corrected chi connectivity index (χ0v) is 19.9.